The lowest BCUT2D eigenvalue weighted by Gasteiger charge is -2.14. The summed E-state index contributed by atoms with van der Waals surface area (Å²) in [6, 6.07) is 11.6. The molecule has 1 fully saturated rings. The highest BCUT2D eigenvalue weighted by Crippen LogP contribution is 2.24. The first-order chi connectivity index (χ1) is 14.1. The van der Waals surface area contributed by atoms with Crippen molar-refractivity contribution in [1.29, 1.82) is 0 Å². The molecule has 0 atom stereocenters. The molecule has 1 aromatic carbocycles. The lowest BCUT2D eigenvalue weighted by atomic mass is 10.0. The van der Waals surface area contributed by atoms with Crippen molar-refractivity contribution in [3.63, 3.8) is 0 Å². The van der Waals surface area contributed by atoms with Gasteiger partial charge < -0.3 is 10.2 Å². The summed E-state index contributed by atoms with van der Waals surface area (Å²) in [5, 5.41) is 3.06. The predicted molar refractivity (Wildman–Crippen MR) is 113 cm³/mol. The molecule has 4 rings (SSSR count). The molecule has 1 saturated heterocycles. The first-order valence-electron chi connectivity index (χ1n) is 10.3. The molecule has 0 unspecified atom stereocenters. The zero-order valence-corrected chi connectivity index (χ0v) is 16.9. The molecule has 0 saturated carbocycles. The van der Waals surface area contributed by atoms with Crippen molar-refractivity contribution in [3.8, 4) is 0 Å². The number of benzene rings is 1. The molecule has 6 heteroatoms. The Balaban J connectivity index is 1.73. The second-order valence-corrected chi connectivity index (χ2v) is 7.35. The minimum absolute atomic E-state index is 0.103. The van der Waals surface area contributed by atoms with Crippen LogP contribution in [0.3, 0.4) is 0 Å². The molecule has 3 heterocycles. The number of para-hydroxylation sites is 1. The summed E-state index contributed by atoms with van der Waals surface area (Å²) in [6.07, 6.45) is 5.45. The van der Waals surface area contributed by atoms with Crippen molar-refractivity contribution in [2.75, 3.05) is 18.4 Å². The quantitative estimate of drug-likeness (QED) is 0.717. The van der Waals surface area contributed by atoms with Crippen molar-refractivity contribution in [1.82, 2.24) is 14.3 Å². The Morgan fingerprint density at radius 3 is 2.34 bits per heavy atom. The Hall–Kier alpha value is -3.15. The Morgan fingerprint density at radius 1 is 1.00 bits per heavy atom. The molecule has 3 aromatic rings. The van der Waals surface area contributed by atoms with Crippen LogP contribution in [0.15, 0.2) is 42.6 Å². The van der Waals surface area contributed by atoms with Crippen molar-refractivity contribution in [2.45, 2.75) is 39.5 Å². The van der Waals surface area contributed by atoms with Crippen molar-refractivity contribution >= 4 is 23.0 Å². The van der Waals surface area contributed by atoms with Gasteiger partial charge in [0.2, 0.25) is 5.82 Å². The first-order valence-corrected chi connectivity index (χ1v) is 10.3. The zero-order valence-electron chi connectivity index (χ0n) is 16.9. The fourth-order valence-electron chi connectivity index (χ4n) is 4.00. The molecule has 150 valence electrons. The number of nitrogens with zero attached hydrogens (tertiary/aromatic N) is 3. The summed E-state index contributed by atoms with van der Waals surface area (Å²) >= 11 is 0. The van der Waals surface area contributed by atoms with E-state index in [-0.39, 0.29) is 17.6 Å². The van der Waals surface area contributed by atoms with E-state index >= 15 is 0 Å². The molecule has 2 amide bonds. The number of hydrogen-bond acceptors (Lipinski definition) is 3. The van der Waals surface area contributed by atoms with Gasteiger partial charge in [0.1, 0.15) is 0 Å². The highest BCUT2D eigenvalue weighted by molar-refractivity contribution is 6.06. The highest BCUT2D eigenvalue weighted by atomic mass is 16.2. The number of hydrogen-bond donors (Lipinski definition) is 1. The number of carbonyl (C=O) groups excluding carboxylic acids is 2. The number of carbonyl (C=O) groups is 2. The van der Waals surface area contributed by atoms with Gasteiger partial charge >= 0.3 is 0 Å². The highest BCUT2D eigenvalue weighted by Gasteiger charge is 2.27. The van der Waals surface area contributed by atoms with E-state index in [4.69, 9.17) is 0 Å². The van der Waals surface area contributed by atoms with Gasteiger partial charge in [0.15, 0.2) is 5.69 Å². The third-order valence-corrected chi connectivity index (χ3v) is 5.58. The minimum Gasteiger partial charge on any atom is -0.337 e. The molecule has 0 spiro atoms. The van der Waals surface area contributed by atoms with Crippen LogP contribution in [0.25, 0.3) is 5.52 Å². The van der Waals surface area contributed by atoms with Crippen LogP contribution in [0.4, 0.5) is 5.69 Å². The van der Waals surface area contributed by atoms with E-state index in [1.165, 1.54) is 0 Å². The van der Waals surface area contributed by atoms with Crippen LogP contribution in [0.1, 0.15) is 58.9 Å². The standard InChI is InChI=1S/C23H26N4O2/c1-3-16-10-9-11-17(4-2)19(16)25-22(28)21-24-20(18-12-5-6-15-27(18)21)23(29)26-13-7-8-14-26/h5-6,9-12,15H,3-4,7-8,13-14H2,1-2H3,(H,25,28). The zero-order chi connectivity index (χ0) is 20.4. The fourth-order valence-corrected chi connectivity index (χ4v) is 4.00. The predicted octanol–water partition coefficient (Wildman–Crippen LogP) is 3.95. The summed E-state index contributed by atoms with van der Waals surface area (Å²) in [4.78, 5) is 32.5. The molecule has 0 radical (unpaired) electrons. The van der Waals surface area contributed by atoms with E-state index < -0.39 is 0 Å². The number of imidazole rings is 1. The van der Waals surface area contributed by atoms with Gasteiger partial charge in [0.25, 0.3) is 11.8 Å². The Morgan fingerprint density at radius 2 is 1.69 bits per heavy atom. The Kier molecular flexibility index (Phi) is 5.34. The Bertz CT molecular complexity index is 1040. The molecular formula is C23H26N4O2. The Labute approximate surface area is 170 Å². The summed E-state index contributed by atoms with van der Waals surface area (Å²) in [7, 11) is 0. The fraction of sp³-hybridized carbons (Fsp3) is 0.348. The molecule has 1 aliphatic heterocycles. The molecular weight excluding hydrogens is 364 g/mol. The summed E-state index contributed by atoms with van der Waals surface area (Å²) in [6.45, 7) is 5.64. The SMILES string of the molecule is CCc1cccc(CC)c1NC(=O)c1nc(C(=O)N2CCCC2)c2ccccn12. The second-order valence-electron chi connectivity index (χ2n) is 7.35. The van der Waals surface area contributed by atoms with E-state index in [9.17, 15) is 9.59 Å². The lowest BCUT2D eigenvalue weighted by molar-refractivity contribution is 0.0789. The third-order valence-electron chi connectivity index (χ3n) is 5.58. The van der Waals surface area contributed by atoms with Crippen LogP contribution in [0.2, 0.25) is 0 Å². The summed E-state index contributed by atoms with van der Waals surface area (Å²) < 4.78 is 1.71. The lowest BCUT2D eigenvalue weighted by Crippen LogP contribution is -2.28. The molecule has 0 aliphatic carbocycles. The van der Waals surface area contributed by atoms with Gasteiger partial charge in [-0.1, -0.05) is 38.1 Å². The number of pyridine rings is 1. The van der Waals surface area contributed by atoms with Crippen molar-refractivity contribution < 1.29 is 9.59 Å². The maximum Gasteiger partial charge on any atom is 0.292 e. The topological polar surface area (TPSA) is 66.7 Å². The third kappa shape index (κ3) is 3.50. The molecule has 29 heavy (non-hydrogen) atoms. The first kappa shape index (κ1) is 19.2. The monoisotopic (exact) mass is 390 g/mol. The van der Waals surface area contributed by atoms with E-state index in [1.54, 1.807) is 10.6 Å². The number of rotatable bonds is 5. The molecule has 1 aliphatic rings. The van der Waals surface area contributed by atoms with E-state index in [0.717, 1.165) is 55.6 Å². The van der Waals surface area contributed by atoms with Gasteiger partial charge in [0, 0.05) is 25.0 Å². The van der Waals surface area contributed by atoms with E-state index in [2.05, 4.69) is 24.1 Å². The normalized spacial score (nSPS) is 13.8. The summed E-state index contributed by atoms with van der Waals surface area (Å²) in [5.41, 5.74) is 4.03. The number of nitrogens with one attached hydrogen (secondary N) is 1. The van der Waals surface area contributed by atoms with E-state index in [1.807, 2.05) is 41.3 Å². The molecule has 1 N–H and O–H groups in total. The van der Waals surface area contributed by atoms with Gasteiger partial charge in [-0.3, -0.25) is 14.0 Å². The van der Waals surface area contributed by atoms with Crippen LogP contribution in [-0.2, 0) is 12.8 Å². The average molecular weight is 390 g/mol. The van der Waals surface area contributed by atoms with Crippen LogP contribution in [0, 0.1) is 0 Å². The van der Waals surface area contributed by atoms with Gasteiger partial charge in [-0.2, -0.15) is 0 Å². The largest absolute Gasteiger partial charge is 0.337 e. The van der Waals surface area contributed by atoms with Gasteiger partial charge in [-0.25, -0.2) is 4.98 Å². The number of aromatic nitrogens is 2. The second kappa shape index (κ2) is 8.07. The van der Waals surface area contributed by atoms with Gasteiger partial charge in [-0.15, -0.1) is 0 Å². The number of aryl methyl sites for hydroxylation is 2. The van der Waals surface area contributed by atoms with Crippen LogP contribution in [0.5, 0.6) is 0 Å². The van der Waals surface area contributed by atoms with Crippen molar-refractivity contribution in [3.05, 3.63) is 65.2 Å². The maximum atomic E-state index is 13.2. The molecule has 0 bridgehead atoms. The summed E-state index contributed by atoms with van der Waals surface area (Å²) in [5.74, 6) is -0.174. The van der Waals surface area contributed by atoms with Gasteiger partial charge in [-0.05, 0) is 48.9 Å². The van der Waals surface area contributed by atoms with Gasteiger partial charge in [0.05, 0.1) is 5.52 Å². The number of fused-ring (bicyclic) bond motifs is 1. The maximum absolute atomic E-state index is 13.2. The van der Waals surface area contributed by atoms with E-state index in [0.29, 0.717) is 11.2 Å². The van der Waals surface area contributed by atoms with Crippen LogP contribution < -0.4 is 5.32 Å². The average Bonchev–Trinajstić information content (AvgIpc) is 3.42. The number of likely N-dealkylation sites (tertiary alicyclic amines) is 1. The minimum atomic E-state index is -0.303. The molecule has 6 nitrogen and oxygen atoms in total. The number of anilines is 1. The number of amides is 2. The van der Waals surface area contributed by atoms with Crippen LogP contribution >= 0.6 is 0 Å². The van der Waals surface area contributed by atoms with Crippen molar-refractivity contribution in [2.24, 2.45) is 0 Å². The smallest absolute Gasteiger partial charge is 0.292 e. The van der Waals surface area contributed by atoms with Crippen LogP contribution in [-0.4, -0.2) is 39.2 Å². The molecule has 2 aromatic heterocycles.